The van der Waals surface area contributed by atoms with Crippen molar-refractivity contribution in [1.29, 1.82) is 0 Å². The molecular formula is C10H13NOS. The van der Waals surface area contributed by atoms with E-state index >= 15 is 0 Å². The van der Waals surface area contributed by atoms with E-state index in [-0.39, 0.29) is 0 Å². The van der Waals surface area contributed by atoms with Gasteiger partial charge in [0.15, 0.2) is 0 Å². The van der Waals surface area contributed by atoms with Crippen molar-refractivity contribution in [2.45, 2.75) is 18.1 Å². The van der Waals surface area contributed by atoms with Crippen LogP contribution in [-0.2, 0) is 17.4 Å². The second kappa shape index (κ2) is 4.03. The number of hydrogen-bond acceptors (Lipinski definition) is 1. The molecule has 0 bridgehead atoms. The molecule has 13 heavy (non-hydrogen) atoms. The Labute approximate surface area is 80.9 Å². The van der Waals surface area contributed by atoms with Crippen molar-refractivity contribution in [2.24, 2.45) is 0 Å². The van der Waals surface area contributed by atoms with E-state index in [0.29, 0.717) is 5.25 Å². The molecule has 0 amide bonds. The maximum Gasteiger partial charge on any atom is 0.0950 e. The Bertz CT molecular complexity index is 299. The Morgan fingerprint density at radius 2 is 2.15 bits per heavy atom. The Morgan fingerprint density at radius 3 is 2.77 bits per heavy atom. The van der Waals surface area contributed by atoms with Gasteiger partial charge in [-0.05, 0) is 18.4 Å². The third-order valence-corrected chi connectivity index (χ3v) is 3.82. The fourth-order valence-corrected chi connectivity index (χ4v) is 2.83. The second-order valence-electron chi connectivity index (χ2n) is 3.29. The molecule has 0 saturated carbocycles. The first kappa shape index (κ1) is 8.91. The summed E-state index contributed by atoms with van der Waals surface area (Å²) in [5.74, 6) is 0. The molecule has 1 saturated heterocycles. The molecule has 1 heterocycles. The third kappa shape index (κ3) is 2.17. The van der Waals surface area contributed by atoms with E-state index in [4.69, 9.17) is 0 Å². The summed E-state index contributed by atoms with van der Waals surface area (Å²) in [6, 6.07) is 10.2. The van der Waals surface area contributed by atoms with Crippen molar-refractivity contribution >= 4 is 11.0 Å². The van der Waals surface area contributed by atoms with Gasteiger partial charge in [-0.1, -0.05) is 30.3 Å². The molecule has 1 fully saturated rings. The lowest BCUT2D eigenvalue weighted by Gasteiger charge is -2.06. The molecule has 2 nitrogen and oxygen atoms in total. The Balaban J connectivity index is 2.02. The molecule has 70 valence electrons. The molecule has 0 aromatic heterocycles. The number of nitrogens with one attached hydrogen (secondary N) is 1. The van der Waals surface area contributed by atoms with Crippen molar-refractivity contribution in [3.63, 3.8) is 0 Å². The minimum absolute atomic E-state index is 0.308. The van der Waals surface area contributed by atoms with Crippen molar-refractivity contribution < 1.29 is 4.21 Å². The van der Waals surface area contributed by atoms with Gasteiger partial charge in [-0.15, -0.1) is 0 Å². The van der Waals surface area contributed by atoms with Crippen molar-refractivity contribution in [2.75, 3.05) is 6.54 Å². The molecule has 0 unspecified atom stereocenters. The molecule has 2 rings (SSSR count). The van der Waals surface area contributed by atoms with Crippen LogP contribution < -0.4 is 4.72 Å². The van der Waals surface area contributed by atoms with Gasteiger partial charge in [0, 0.05) is 6.54 Å². The van der Waals surface area contributed by atoms with Gasteiger partial charge in [-0.3, -0.25) is 0 Å². The first-order valence-electron chi connectivity index (χ1n) is 4.54. The highest BCUT2D eigenvalue weighted by atomic mass is 32.2. The predicted octanol–water partition coefficient (Wildman–Crippen LogP) is 1.25. The monoisotopic (exact) mass is 195 g/mol. The van der Waals surface area contributed by atoms with E-state index in [1.165, 1.54) is 5.56 Å². The highest BCUT2D eigenvalue weighted by molar-refractivity contribution is 7.83. The normalized spacial score (nSPS) is 27.7. The van der Waals surface area contributed by atoms with Crippen LogP contribution in [0.1, 0.15) is 12.0 Å². The summed E-state index contributed by atoms with van der Waals surface area (Å²) >= 11 is 0. The maximum absolute atomic E-state index is 11.4. The SMILES string of the molecule is O=[S@@]1NCC[C@@H]1Cc1ccccc1. The highest BCUT2D eigenvalue weighted by Crippen LogP contribution is 2.13. The molecule has 1 aliphatic rings. The average molecular weight is 195 g/mol. The summed E-state index contributed by atoms with van der Waals surface area (Å²) in [5, 5.41) is 0.308. The summed E-state index contributed by atoms with van der Waals surface area (Å²) in [4.78, 5) is 0. The van der Waals surface area contributed by atoms with Crippen molar-refractivity contribution in [3.05, 3.63) is 35.9 Å². The lowest BCUT2D eigenvalue weighted by Crippen LogP contribution is -2.17. The quantitative estimate of drug-likeness (QED) is 0.756. The van der Waals surface area contributed by atoms with Crippen LogP contribution in [0.25, 0.3) is 0 Å². The fourth-order valence-electron chi connectivity index (χ4n) is 1.60. The average Bonchev–Trinajstić information content (AvgIpc) is 2.54. The minimum atomic E-state index is -0.811. The first-order chi connectivity index (χ1) is 6.36. The summed E-state index contributed by atoms with van der Waals surface area (Å²) in [7, 11) is -0.811. The van der Waals surface area contributed by atoms with Crippen LogP contribution in [0.4, 0.5) is 0 Å². The van der Waals surface area contributed by atoms with Gasteiger partial charge in [0.1, 0.15) is 0 Å². The molecule has 2 atom stereocenters. The van der Waals surface area contributed by atoms with Crippen LogP contribution in [0.5, 0.6) is 0 Å². The molecule has 0 aliphatic carbocycles. The second-order valence-corrected chi connectivity index (χ2v) is 4.84. The molecule has 0 radical (unpaired) electrons. The van der Waals surface area contributed by atoms with Crippen molar-refractivity contribution in [3.8, 4) is 0 Å². The number of hydrogen-bond donors (Lipinski definition) is 1. The van der Waals surface area contributed by atoms with Crippen LogP contribution in [0.2, 0.25) is 0 Å². The molecule has 0 spiro atoms. The zero-order valence-corrected chi connectivity index (χ0v) is 8.22. The largest absolute Gasteiger partial charge is 0.243 e. The Kier molecular flexibility index (Phi) is 2.76. The lowest BCUT2D eigenvalue weighted by molar-refractivity contribution is 0.672. The molecule has 1 N–H and O–H groups in total. The van der Waals surface area contributed by atoms with E-state index in [0.717, 1.165) is 19.4 Å². The lowest BCUT2D eigenvalue weighted by atomic mass is 10.1. The zero-order valence-electron chi connectivity index (χ0n) is 7.40. The number of rotatable bonds is 2. The topological polar surface area (TPSA) is 29.1 Å². The van der Waals surface area contributed by atoms with E-state index in [9.17, 15) is 4.21 Å². The molecular weight excluding hydrogens is 182 g/mol. The summed E-state index contributed by atoms with van der Waals surface area (Å²) < 4.78 is 14.3. The van der Waals surface area contributed by atoms with E-state index in [1.54, 1.807) is 0 Å². The molecule has 1 aliphatic heterocycles. The van der Waals surface area contributed by atoms with E-state index in [2.05, 4.69) is 16.9 Å². The summed E-state index contributed by atoms with van der Waals surface area (Å²) in [6.45, 7) is 0.893. The van der Waals surface area contributed by atoms with Gasteiger partial charge in [-0.2, -0.15) is 0 Å². The minimum Gasteiger partial charge on any atom is -0.243 e. The molecule has 1 aromatic rings. The van der Waals surface area contributed by atoms with Crippen molar-refractivity contribution in [1.82, 2.24) is 4.72 Å². The van der Waals surface area contributed by atoms with Crippen LogP contribution in [-0.4, -0.2) is 16.0 Å². The standard InChI is InChI=1S/C10H13NOS/c12-13-10(6-7-11-13)8-9-4-2-1-3-5-9/h1-5,10-11H,6-8H2/t10-,13+/m1/s1. The smallest absolute Gasteiger partial charge is 0.0950 e. The van der Waals surface area contributed by atoms with Crippen LogP contribution >= 0.6 is 0 Å². The van der Waals surface area contributed by atoms with Gasteiger partial charge in [0.05, 0.1) is 16.2 Å². The third-order valence-electron chi connectivity index (χ3n) is 2.32. The maximum atomic E-state index is 11.4. The van der Waals surface area contributed by atoms with Crippen LogP contribution in [0.3, 0.4) is 0 Å². The molecule has 3 heteroatoms. The van der Waals surface area contributed by atoms with Gasteiger partial charge in [0.25, 0.3) is 0 Å². The van der Waals surface area contributed by atoms with Gasteiger partial charge in [0.2, 0.25) is 0 Å². The van der Waals surface area contributed by atoms with Gasteiger partial charge in [-0.25, -0.2) is 8.93 Å². The van der Waals surface area contributed by atoms with Gasteiger partial charge >= 0.3 is 0 Å². The fraction of sp³-hybridized carbons (Fsp3) is 0.400. The summed E-state index contributed by atoms with van der Waals surface area (Å²) in [6.07, 6.45) is 1.96. The Morgan fingerprint density at radius 1 is 1.38 bits per heavy atom. The van der Waals surface area contributed by atoms with E-state index in [1.807, 2.05) is 18.2 Å². The molecule has 1 aromatic carbocycles. The predicted molar refractivity (Wildman–Crippen MR) is 54.7 cm³/mol. The van der Waals surface area contributed by atoms with Crippen LogP contribution in [0, 0.1) is 0 Å². The number of benzene rings is 1. The van der Waals surface area contributed by atoms with Gasteiger partial charge < -0.3 is 0 Å². The first-order valence-corrected chi connectivity index (χ1v) is 5.75. The summed E-state index contributed by atoms with van der Waals surface area (Å²) in [5.41, 5.74) is 1.28. The van der Waals surface area contributed by atoms with Crippen LogP contribution in [0.15, 0.2) is 30.3 Å². The zero-order chi connectivity index (χ0) is 9.10. The van der Waals surface area contributed by atoms with E-state index < -0.39 is 11.0 Å². The highest BCUT2D eigenvalue weighted by Gasteiger charge is 2.22. The Hall–Kier alpha value is -0.670.